The van der Waals surface area contributed by atoms with Gasteiger partial charge in [0, 0.05) is 19.8 Å². The fourth-order valence-corrected chi connectivity index (χ4v) is 2.58. The van der Waals surface area contributed by atoms with Crippen LogP contribution in [0.2, 0.25) is 0 Å². The molecular formula is C16H21ClFN3O. The van der Waals surface area contributed by atoms with Crippen LogP contribution in [0, 0.1) is 5.82 Å². The lowest BCUT2D eigenvalue weighted by atomic mass is 9.85. The van der Waals surface area contributed by atoms with E-state index < -0.39 is 5.38 Å². The smallest absolute Gasteiger partial charge is 0.262 e. The number of halogens is 2. The lowest BCUT2D eigenvalue weighted by molar-refractivity contribution is -0.130. The number of carbonyl (C=O) groups excluding carboxylic acids is 1. The molecule has 0 saturated carbocycles. The number of hydrogen-bond donors (Lipinski definition) is 1. The summed E-state index contributed by atoms with van der Waals surface area (Å²) in [6.45, 7) is 6.40. The van der Waals surface area contributed by atoms with Crippen LogP contribution in [0.5, 0.6) is 0 Å². The van der Waals surface area contributed by atoms with Crippen LogP contribution < -0.4 is 5.32 Å². The van der Waals surface area contributed by atoms with E-state index in [1.54, 1.807) is 19.3 Å². The van der Waals surface area contributed by atoms with E-state index in [-0.39, 0.29) is 23.2 Å². The molecule has 0 spiro atoms. The number of nitrogens with one attached hydrogen (secondary N) is 1. The molecule has 120 valence electrons. The molecule has 2 unspecified atom stereocenters. The van der Waals surface area contributed by atoms with Crippen molar-refractivity contribution in [3.8, 4) is 0 Å². The van der Waals surface area contributed by atoms with E-state index in [0.717, 1.165) is 5.56 Å². The van der Waals surface area contributed by atoms with Crippen LogP contribution in [0.3, 0.4) is 0 Å². The molecule has 2 rings (SSSR count). The van der Waals surface area contributed by atoms with Gasteiger partial charge in [-0.3, -0.25) is 4.79 Å². The number of alkyl halides is 1. The number of amides is 1. The second-order valence-corrected chi connectivity index (χ2v) is 6.97. The first-order chi connectivity index (χ1) is 10.2. The molecule has 6 heteroatoms. The summed E-state index contributed by atoms with van der Waals surface area (Å²) in [4.78, 5) is 11.8. The van der Waals surface area contributed by atoms with Gasteiger partial charge in [-0.15, -0.1) is 11.6 Å². The number of hydrogen-bond acceptors (Lipinski definition) is 3. The Morgan fingerprint density at radius 1 is 1.41 bits per heavy atom. The maximum atomic E-state index is 13.9. The van der Waals surface area contributed by atoms with Crippen molar-refractivity contribution in [3.05, 3.63) is 35.1 Å². The van der Waals surface area contributed by atoms with E-state index in [1.165, 1.54) is 11.1 Å². The Labute approximate surface area is 135 Å². The quantitative estimate of drug-likeness (QED) is 0.868. The van der Waals surface area contributed by atoms with Gasteiger partial charge in [-0.1, -0.05) is 32.9 Å². The zero-order valence-electron chi connectivity index (χ0n) is 13.2. The molecule has 2 atom stereocenters. The van der Waals surface area contributed by atoms with Gasteiger partial charge < -0.3 is 5.32 Å². The lowest BCUT2D eigenvalue weighted by Gasteiger charge is -2.27. The summed E-state index contributed by atoms with van der Waals surface area (Å²) in [6.07, 6.45) is 1.62. The Bertz CT molecular complexity index is 598. The van der Waals surface area contributed by atoms with Gasteiger partial charge in [-0.05, 0) is 22.6 Å². The maximum absolute atomic E-state index is 13.9. The summed E-state index contributed by atoms with van der Waals surface area (Å²) in [5.74, 6) is -0.446. The average Bonchev–Trinajstić information content (AvgIpc) is 2.44. The largest absolute Gasteiger partial charge is 0.303 e. The molecule has 0 aromatic heterocycles. The fraction of sp³-hybridized carbons (Fsp3) is 0.500. The number of rotatable bonds is 3. The van der Waals surface area contributed by atoms with Gasteiger partial charge in [0.25, 0.3) is 5.91 Å². The first kappa shape index (κ1) is 16.9. The molecule has 1 heterocycles. The summed E-state index contributed by atoms with van der Waals surface area (Å²) in [5.41, 5.74) is 1.34. The van der Waals surface area contributed by atoms with E-state index in [9.17, 15) is 9.18 Å². The molecule has 22 heavy (non-hydrogen) atoms. The van der Waals surface area contributed by atoms with Gasteiger partial charge >= 0.3 is 0 Å². The third-order valence-electron chi connectivity index (χ3n) is 3.65. The molecule has 0 aliphatic carbocycles. The van der Waals surface area contributed by atoms with Crippen molar-refractivity contribution in [3.63, 3.8) is 0 Å². The zero-order chi connectivity index (χ0) is 16.5. The monoisotopic (exact) mass is 325 g/mol. The minimum absolute atomic E-state index is 0.206. The van der Waals surface area contributed by atoms with Crippen LogP contribution in [0.1, 0.15) is 31.9 Å². The Morgan fingerprint density at radius 2 is 2.09 bits per heavy atom. The predicted octanol–water partition coefficient (Wildman–Crippen LogP) is 2.65. The van der Waals surface area contributed by atoms with E-state index in [4.69, 9.17) is 11.6 Å². The number of benzene rings is 1. The maximum Gasteiger partial charge on any atom is 0.262 e. The second kappa shape index (κ2) is 6.34. The highest BCUT2D eigenvalue weighted by molar-refractivity contribution is 6.32. The molecule has 1 amide bonds. The topological polar surface area (TPSA) is 44.7 Å². The second-order valence-electron chi connectivity index (χ2n) is 6.50. The molecule has 1 N–H and O–H groups in total. The first-order valence-electron chi connectivity index (χ1n) is 7.18. The Balaban J connectivity index is 2.09. The Hall–Kier alpha value is -1.46. The van der Waals surface area contributed by atoms with Crippen molar-refractivity contribution < 1.29 is 9.18 Å². The van der Waals surface area contributed by atoms with Gasteiger partial charge in [-0.2, -0.15) is 5.10 Å². The minimum Gasteiger partial charge on any atom is -0.303 e. The molecule has 0 saturated heterocycles. The molecule has 1 aliphatic heterocycles. The van der Waals surface area contributed by atoms with E-state index in [2.05, 4.69) is 10.4 Å². The number of hydrazone groups is 1. The Kier molecular flexibility index (Phi) is 4.87. The lowest BCUT2D eigenvalue weighted by Crippen LogP contribution is -2.49. The number of carbonyl (C=O) groups is 1. The molecule has 1 aliphatic rings. The van der Waals surface area contributed by atoms with E-state index in [1.807, 2.05) is 26.8 Å². The van der Waals surface area contributed by atoms with Crippen molar-refractivity contribution in [1.82, 2.24) is 10.3 Å². The van der Waals surface area contributed by atoms with Gasteiger partial charge in [0.2, 0.25) is 0 Å². The van der Waals surface area contributed by atoms with E-state index in [0.29, 0.717) is 12.1 Å². The third kappa shape index (κ3) is 3.65. The average molecular weight is 326 g/mol. The summed E-state index contributed by atoms with van der Waals surface area (Å²) in [7, 11) is 1.57. The van der Waals surface area contributed by atoms with Crippen molar-refractivity contribution >= 4 is 23.7 Å². The van der Waals surface area contributed by atoms with Crippen molar-refractivity contribution in [1.29, 1.82) is 0 Å². The van der Waals surface area contributed by atoms with Crippen LogP contribution >= 0.6 is 11.6 Å². The molecule has 4 nitrogen and oxygen atoms in total. The zero-order valence-corrected chi connectivity index (χ0v) is 14.0. The van der Waals surface area contributed by atoms with E-state index >= 15 is 0 Å². The van der Waals surface area contributed by atoms with Crippen LogP contribution in [0.25, 0.3) is 0 Å². The summed E-state index contributed by atoms with van der Waals surface area (Å²) in [6, 6.07) is 4.71. The Morgan fingerprint density at radius 3 is 2.73 bits per heavy atom. The van der Waals surface area contributed by atoms with Gasteiger partial charge in [0.15, 0.2) is 0 Å². The van der Waals surface area contributed by atoms with Crippen LogP contribution in [-0.4, -0.2) is 35.6 Å². The molecule has 1 aromatic rings. The normalized spacial score (nSPS) is 22.3. The fourth-order valence-electron chi connectivity index (χ4n) is 2.29. The SMILES string of the molecule is CN1N=CC(NCc2ccc(F)c(C(C)(C)C)c2)C(Cl)C1=O. The van der Waals surface area contributed by atoms with Crippen molar-refractivity contribution in [2.45, 2.75) is 44.1 Å². The van der Waals surface area contributed by atoms with Crippen LogP contribution in [-0.2, 0) is 16.8 Å². The highest BCUT2D eigenvalue weighted by atomic mass is 35.5. The highest BCUT2D eigenvalue weighted by Crippen LogP contribution is 2.26. The third-order valence-corrected chi connectivity index (χ3v) is 4.11. The minimum atomic E-state index is -0.690. The van der Waals surface area contributed by atoms with Gasteiger partial charge in [0.1, 0.15) is 11.2 Å². The molecule has 1 aromatic carbocycles. The van der Waals surface area contributed by atoms with Gasteiger partial charge in [0.05, 0.1) is 6.04 Å². The van der Waals surface area contributed by atoms with Crippen molar-refractivity contribution in [2.75, 3.05) is 7.05 Å². The highest BCUT2D eigenvalue weighted by Gasteiger charge is 2.31. The summed E-state index contributed by atoms with van der Waals surface area (Å²) >= 11 is 6.12. The summed E-state index contributed by atoms with van der Waals surface area (Å²) < 4.78 is 13.9. The van der Waals surface area contributed by atoms with Crippen LogP contribution in [0.4, 0.5) is 4.39 Å². The summed E-state index contributed by atoms with van der Waals surface area (Å²) in [5, 5.41) is 7.70. The first-order valence-corrected chi connectivity index (χ1v) is 7.62. The molecule has 0 radical (unpaired) electrons. The molecule has 0 bridgehead atoms. The molecular weight excluding hydrogens is 305 g/mol. The van der Waals surface area contributed by atoms with Gasteiger partial charge in [-0.25, -0.2) is 9.40 Å². The van der Waals surface area contributed by atoms with Crippen molar-refractivity contribution in [2.24, 2.45) is 5.10 Å². The standard InChI is InChI=1S/C16H21ClFN3O/c1-16(2,3)11-7-10(5-6-12(11)18)8-19-13-9-20-21(4)15(22)14(13)17/h5-7,9,13-14,19H,8H2,1-4H3. The van der Waals surface area contributed by atoms with Crippen LogP contribution in [0.15, 0.2) is 23.3 Å². The number of nitrogens with zero attached hydrogens (tertiary/aromatic N) is 2. The predicted molar refractivity (Wildman–Crippen MR) is 86.6 cm³/mol. The molecule has 0 fully saturated rings.